The molecule has 0 aromatic heterocycles. The molecule has 0 aliphatic carbocycles. The van der Waals surface area contributed by atoms with E-state index in [1.54, 1.807) is 36.4 Å². The molecule has 18 nitrogen and oxygen atoms in total. The molecule has 0 aliphatic heterocycles. The molecule has 99 heavy (non-hydrogen) atoms. The molecule has 21 heteroatoms. The molecule has 0 spiro atoms. The second-order valence-corrected chi connectivity index (χ2v) is 27.7. The first-order valence-electron chi connectivity index (χ1n) is 32.7. The fraction of sp³-hybridized carbons (Fsp3) is 0.462. The topological polar surface area (TPSA) is 345 Å². The van der Waals surface area contributed by atoms with Gasteiger partial charge in [-0.05, 0) is 174 Å². The number of aromatic carboxylic acids is 6. The molecule has 0 amide bonds. The standard InChI is InChI=1S/6C13H18O3.3Mn/c6*1-7(2)9-5-10(8(3)4)12(14)11(6-9)13(15)16;;;/h6*5-8,14H,1-4H3,(H,15,16);;;. The molecule has 12 N–H and O–H groups in total. The molecule has 0 saturated heterocycles. The van der Waals surface area contributed by atoms with Crippen LogP contribution in [0.15, 0.2) is 72.8 Å². The van der Waals surface area contributed by atoms with Crippen molar-refractivity contribution in [3.8, 4) is 34.5 Å². The fourth-order valence-electron chi connectivity index (χ4n) is 9.70. The summed E-state index contributed by atoms with van der Waals surface area (Å²) >= 11 is 0. The van der Waals surface area contributed by atoms with Crippen LogP contribution in [0, 0.1) is 0 Å². The monoisotopic (exact) mass is 1500 g/mol. The first-order chi connectivity index (χ1) is 44.0. The maximum Gasteiger partial charge on any atom is 0.339 e. The summed E-state index contributed by atoms with van der Waals surface area (Å²) in [6, 6.07) is 20.6. The third-order valence-corrected chi connectivity index (χ3v) is 16.1. The minimum atomic E-state index is -1.08. The zero-order valence-electron chi connectivity index (χ0n) is 61.8. The second kappa shape index (κ2) is 42.6. The molecule has 3 radical (unpaired) electrons. The van der Waals surface area contributed by atoms with Gasteiger partial charge in [0.1, 0.15) is 67.9 Å². The first kappa shape index (κ1) is 95.7. The first-order valence-corrected chi connectivity index (χ1v) is 32.7. The van der Waals surface area contributed by atoms with Gasteiger partial charge in [-0.25, -0.2) is 28.8 Å². The summed E-state index contributed by atoms with van der Waals surface area (Å²) in [7, 11) is 0. The maximum absolute atomic E-state index is 11.0. The van der Waals surface area contributed by atoms with Gasteiger partial charge < -0.3 is 61.3 Å². The number of carboxylic acid groups (broad SMARTS) is 6. The van der Waals surface area contributed by atoms with Crippen LogP contribution in [0.3, 0.4) is 0 Å². The van der Waals surface area contributed by atoms with Gasteiger partial charge in [0, 0.05) is 51.2 Å². The quantitative estimate of drug-likeness (QED) is 0.0356. The summed E-state index contributed by atoms with van der Waals surface area (Å²) in [5, 5.41) is 113. The molecule has 549 valence electrons. The van der Waals surface area contributed by atoms with Crippen molar-refractivity contribution >= 4 is 35.8 Å². The van der Waals surface area contributed by atoms with Gasteiger partial charge in [0.25, 0.3) is 0 Å². The average Bonchev–Trinajstić information content (AvgIpc) is 0.863. The van der Waals surface area contributed by atoms with Crippen LogP contribution in [-0.2, 0) is 51.2 Å². The van der Waals surface area contributed by atoms with Crippen LogP contribution in [0.25, 0.3) is 0 Å². The van der Waals surface area contributed by atoms with Crippen molar-refractivity contribution in [2.24, 2.45) is 0 Å². The van der Waals surface area contributed by atoms with E-state index in [9.17, 15) is 59.4 Å². The van der Waals surface area contributed by atoms with Crippen LogP contribution in [0.5, 0.6) is 34.5 Å². The molecule has 6 aromatic carbocycles. The Bertz CT molecular complexity index is 3070. The molecule has 0 unspecified atom stereocenters. The van der Waals surface area contributed by atoms with E-state index in [1.807, 2.05) is 203 Å². The molecule has 0 aliphatic rings. The average molecular weight is 1500 g/mol. The number of hydrogen-bond acceptors (Lipinski definition) is 12. The van der Waals surface area contributed by atoms with E-state index < -0.39 is 35.8 Å². The molecule has 6 rings (SSSR count). The molecule has 0 heterocycles. The van der Waals surface area contributed by atoms with Gasteiger partial charge in [0.15, 0.2) is 0 Å². The number of hydrogen-bond donors (Lipinski definition) is 12. The van der Waals surface area contributed by atoms with Crippen LogP contribution in [0.1, 0.15) is 366 Å². The largest absolute Gasteiger partial charge is 0.507 e. The van der Waals surface area contributed by atoms with Crippen molar-refractivity contribution in [3.63, 3.8) is 0 Å². The third kappa shape index (κ3) is 27.5. The van der Waals surface area contributed by atoms with Gasteiger partial charge in [0.05, 0.1) is 0 Å². The van der Waals surface area contributed by atoms with E-state index in [-0.39, 0.29) is 190 Å². The Balaban J connectivity index is -0.00000111. The van der Waals surface area contributed by atoms with Crippen molar-refractivity contribution < 1.29 is 141 Å². The summed E-state index contributed by atoms with van der Waals surface area (Å²) in [5.41, 5.74) is 9.82. The fourth-order valence-corrected chi connectivity index (χ4v) is 9.70. The van der Waals surface area contributed by atoms with Gasteiger partial charge in [-0.1, -0.05) is 203 Å². The minimum absolute atomic E-state index is 0. The molecule has 0 fully saturated rings. The molecular formula is C78H108Mn3O18. The van der Waals surface area contributed by atoms with Crippen LogP contribution < -0.4 is 0 Å². The van der Waals surface area contributed by atoms with Crippen molar-refractivity contribution in [3.05, 3.63) is 173 Å². The predicted octanol–water partition coefficient (Wildman–Crippen LogP) is 20.0. The van der Waals surface area contributed by atoms with E-state index in [4.69, 9.17) is 30.6 Å². The van der Waals surface area contributed by atoms with Crippen molar-refractivity contribution in [2.75, 3.05) is 0 Å². The summed E-state index contributed by atoms with van der Waals surface area (Å²) in [6.07, 6.45) is 0. The zero-order valence-corrected chi connectivity index (χ0v) is 65.3. The van der Waals surface area contributed by atoms with Gasteiger partial charge in [-0.15, -0.1) is 0 Å². The number of carboxylic acids is 6. The number of aromatic hydroxyl groups is 6. The van der Waals surface area contributed by atoms with Crippen molar-refractivity contribution in [1.82, 2.24) is 0 Å². The summed E-state index contributed by atoms with van der Waals surface area (Å²) in [6.45, 7) is 47.2. The Morgan fingerprint density at radius 3 is 0.343 bits per heavy atom. The predicted molar refractivity (Wildman–Crippen MR) is 379 cm³/mol. The Hall–Kier alpha value is -7.50. The molecular weight excluding hydrogens is 1390 g/mol. The van der Waals surface area contributed by atoms with E-state index in [0.29, 0.717) is 33.4 Å². The Kier molecular flexibility index (Phi) is 41.1. The summed E-state index contributed by atoms with van der Waals surface area (Å²) < 4.78 is 0. The minimum Gasteiger partial charge on any atom is -0.507 e. The van der Waals surface area contributed by atoms with Crippen molar-refractivity contribution in [1.29, 1.82) is 0 Å². The molecule has 6 aromatic rings. The van der Waals surface area contributed by atoms with Gasteiger partial charge in [0.2, 0.25) is 0 Å². The van der Waals surface area contributed by atoms with Gasteiger partial charge in [-0.3, -0.25) is 0 Å². The smallest absolute Gasteiger partial charge is 0.339 e. The maximum atomic E-state index is 11.0. The van der Waals surface area contributed by atoms with E-state index in [2.05, 4.69) is 0 Å². The Labute approximate surface area is 617 Å². The van der Waals surface area contributed by atoms with Gasteiger partial charge in [-0.2, -0.15) is 0 Å². The van der Waals surface area contributed by atoms with Crippen LogP contribution in [-0.4, -0.2) is 97.1 Å². The number of carbonyl (C=O) groups is 6. The summed E-state index contributed by atoms with van der Waals surface area (Å²) in [5.74, 6) is -4.99. The van der Waals surface area contributed by atoms with Gasteiger partial charge >= 0.3 is 35.8 Å². The number of rotatable bonds is 18. The number of phenols is 6. The molecule has 0 bridgehead atoms. The van der Waals surface area contributed by atoms with Crippen LogP contribution >= 0.6 is 0 Å². The second-order valence-electron chi connectivity index (χ2n) is 27.7. The zero-order chi connectivity index (χ0) is 74.7. The third-order valence-electron chi connectivity index (χ3n) is 16.1. The van der Waals surface area contributed by atoms with Crippen LogP contribution in [0.2, 0.25) is 0 Å². The van der Waals surface area contributed by atoms with E-state index >= 15 is 0 Å². The van der Waals surface area contributed by atoms with E-state index in [0.717, 1.165) is 33.4 Å². The summed E-state index contributed by atoms with van der Waals surface area (Å²) in [4.78, 5) is 66.1. The molecule has 0 saturated carbocycles. The Morgan fingerprint density at radius 1 is 0.192 bits per heavy atom. The van der Waals surface area contributed by atoms with Crippen LogP contribution in [0.4, 0.5) is 0 Å². The molecule has 0 atom stereocenters. The number of benzene rings is 6. The normalized spacial score (nSPS) is 10.8. The van der Waals surface area contributed by atoms with Crippen molar-refractivity contribution in [2.45, 2.75) is 237 Å². The Morgan fingerprint density at radius 2 is 0.283 bits per heavy atom. The SMILES string of the molecule is CC(C)c1cc(C(=O)O)c(O)c(C(C)C)c1.CC(C)c1cc(C(=O)O)c(O)c(C(C)C)c1.CC(C)c1cc(C(=O)O)c(O)c(C(C)C)c1.CC(C)c1cc(C(=O)O)c(O)c(C(C)C)c1.CC(C)c1cc(C(=O)O)c(O)c(C(C)C)c1.CC(C)c1cc(C(=O)O)c(O)c(C(C)C)c1.[Mn].[Mn].[Mn]. The van der Waals surface area contributed by atoms with E-state index in [1.165, 1.54) is 0 Å².